The molecule has 0 spiro atoms. The van der Waals surface area contributed by atoms with Crippen LogP contribution < -0.4 is 5.32 Å². The molecule has 0 aliphatic carbocycles. The Kier molecular flexibility index (Phi) is 6.23. The van der Waals surface area contributed by atoms with E-state index in [0.717, 1.165) is 23.4 Å². The van der Waals surface area contributed by atoms with E-state index >= 15 is 0 Å². The quantitative estimate of drug-likeness (QED) is 0.706. The summed E-state index contributed by atoms with van der Waals surface area (Å²) in [4.78, 5) is 37.1. The zero-order chi connectivity index (χ0) is 22.0. The van der Waals surface area contributed by atoms with Crippen molar-refractivity contribution in [1.82, 2.24) is 4.90 Å². The molecule has 7 heteroatoms. The highest BCUT2D eigenvalue weighted by molar-refractivity contribution is 8.15. The second kappa shape index (κ2) is 9.06. The van der Waals surface area contributed by atoms with Crippen molar-refractivity contribution in [2.24, 2.45) is 15.9 Å². The summed E-state index contributed by atoms with van der Waals surface area (Å²) in [5, 5.41) is 3.29. The molecule has 0 radical (unpaired) electrons. The van der Waals surface area contributed by atoms with Crippen LogP contribution in [-0.4, -0.2) is 39.0 Å². The van der Waals surface area contributed by atoms with Gasteiger partial charge in [0.2, 0.25) is 5.91 Å². The van der Waals surface area contributed by atoms with Crippen molar-refractivity contribution in [1.29, 1.82) is 0 Å². The second-order valence-corrected chi connectivity index (χ2v) is 8.93. The molecule has 160 valence electrons. The third-order valence-electron chi connectivity index (χ3n) is 5.68. The van der Waals surface area contributed by atoms with Crippen molar-refractivity contribution in [3.63, 3.8) is 0 Å². The fourth-order valence-corrected chi connectivity index (χ4v) is 4.83. The number of anilines is 1. The minimum Gasteiger partial charge on any atom is -0.325 e. The van der Waals surface area contributed by atoms with Crippen LogP contribution >= 0.6 is 11.8 Å². The number of aliphatic imine (C=N–C) groups is 2. The van der Waals surface area contributed by atoms with Crippen LogP contribution in [0.15, 0.2) is 64.6 Å². The number of thioether (sulfide) groups is 1. The van der Waals surface area contributed by atoms with Gasteiger partial charge < -0.3 is 5.32 Å². The maximum atomic E-state index is 13.0. The summed E-state index contributed by atoms with van der Waals surface area (Å²) in [6.07, 6.45) is 1.48. The molecule has 1 N–H and O–H groups in total. The fraction of sp³-hybridized carbons (Fsp3) is 0.333. The van der Waals surface area contributed by atoms with E-state index in [4.69, 9.17) is 4.99 Å². The molecule has 2 aromatic carbocycles. The molecule has 2 aromatic rings. The first-order valence-electron chi connectivity index (χ1n) is 10.7. The zero-order valence-corrected chi connectivity index (χ0v) is 18.7. The van der Waals surface area contributed by atoms with Gasteiger partial charge in [-0.1, -0.05) is 69.3 Å². The third-order valence-corrected chi connectivity index (χ3v) is 7.01. The van der Waals surface area contributed by atoms with E-state index in [0.29, 0.717) is 17.4 Å². The summed E-state index contributed by atoms with van der Waals surface area (Å²) in [5.41, 5.74) is 2.39. The normalized spacial score (nSPS) is 19.1. The zero-order valence-electron chi connectivity index (χ0n) is 17.9. The first-order chi connectivity index (χ1) is 15.0. The molecule has 2 heterocycles. The summed E-state index contributed by atoms with van der Waals surface area (Å²) in [7, 11) is 0. The van der Waals surface area contributed by atoms with E-state index in [1.54, 1.807) is 0 Å². The Morgan fingerprint density at radius 2 is 1.77 bits per heavy atom. The Hall–Kier alpha value is -2.93. The molecule has 2 amide bonds. The van der Waals surface area contributed by atoms with Gasteiger partial charge in [-0.3, -0.25) is 14.5 Å². The average Bonchev–Trinajstić information content (AvgIpc) is 3.14. The van der Waals surface area contributed by atoms with E-state index in [9.17, 15) is 9.59 Å². The predicted octanol–water partition coefficient (Wildman–Crippen LogP) is 4.84. The van der Waals surface area contributed by atoms with E-state index in [1.165, 1.54) is 11.8 Å². The molecule has 0 saturated carbocycles. The van der Waals surface area contributed by atoms with Gasteiger partial charge in [-0.25, -0.2) is 4.99 Å². The number of nitrogens with one attached hydrogen (secondary N) is 1. The number of hydrogen-bond acceptors (Lipinski definition) is 5. The average molecular weight is 435 g/mol. The number of nitrogens with zero attached hydrogens (tertiary/aromatic N) is 3. The number of amides is 2. The van der Waals surface area contributed by atoms with E-state index < -0.39 is 6.04 Å². The molecule has 4 rings (SSSR count). The van der Waals surface area contributed by atoms with Crippen LogP contribution in [0.4, 0.5) is 11.4 Å². The number of benzene rings is 2. The van der Waals surface area contributed by atoms with Crippen molar-refractivity contribution >= 4 is 46.0 Å². The van der Waals surface area contributed by atoms with Gasteiger partial charge in [-0.2, -0.15) is 4.99 Å². The molecule has 31 heavy (non-hydrogen) atoms. The minimum absolute atomic E-state index is 0.0793. The molecular formula is C24H26N4O2S. The molecule has 2 aliphatic heterocycles. The van der Waals surface area contributed by atoms with Crippen LogP contribution in [0.3, 0.4) is 0 Å². The molecule has 0 aromatic heterocycles. The van der Waals surface area contributed by atoms with Gasteiger partial charge in [-0.05, 0) is 36.6 Å². The molecule has 2 aliphatic rings. The lowest BCUT2D eigenvalue weighted by atomic mass is 9.97. The summed E-state index contributed by atoms with van der Waals surface area (Å²) < 4.78 is 0. The summed E-state index contributed by atoms with van der Waals surface area (Å²) in [5.74, 6) is 0.533. The second-order valence-electron chi connectivity index (χ2n) is 7.76. The lowest BCUT2D eigenvalue weighted by Gasteiger charge is -2.34. The molecule has 0 bridgehead atoms. The smallest absolute Gasteiger partial charge is 0.271 e. The fourth-order valence-electron chi connectivity index (χ4n) is 3.78. The van der Waals surface area contributed by atoms with Gasteiger partial charge >= 0.3 is 0 Å². The third kappa shape index (κ3) is 4.14. The van der Waals surface area contributed by atoms with Crippen molar-refractivity contribution in [2.75, 3.05) is 5.32 Å². The van der Waals surface area contributed by atoms with Crippen LogP contribution in [0.5, 0.6) is 0 Å². The number of hydrogen-bond donors (Lipinski definition) is 1. The number of fused-ring (bicyclic) bond motifs is 3. The number of para-hydroxylation sites is 2. The Morgan fingerprint density at radius 3 is 2.48 bits per heavy atom. The SMILES string of the molecule is CCC(SC1=Nc2ccccc2C2=NC(=O)C(C(C)CC)N12)C(=O)Nc1ccccc1. The largest absolute Gasteiger partial charge is 0.325 e. The van der Waals surface area contributed by atoms with E-state index in [1.807, 2.05) is 66.4 Å². The first-order valence-corrected chi connectivity index (χ1v) is 11.5. The Morgan fingerprint density at radius 1 is 1.06 bits per heavy atom. The van der Waals surface area contributed by atoms with Gasteiger partial charge in [0.25, 0.3) is 5.91 Å². The van der Waals surface area contributed by atoms with Crippen molar-refractivity contribution in [3.05, 3.63) is 60.2 Å². The Bertz CT molecular complexity index is 1050. The lowest BCUT2D eigenvalue weighted by Crippen LogP contribution is -2.47. The highest BCUT2D eigenvalue weighted by Gasteiger charge is 2.44. The van der Waals surface area contributed by atoms with Crippen LogP contribution in [-0.2, 0) is 9.59 Å². The van der Waals surface area contributed by atoms with Crippen molar-refractivity contribution < 1.29 is 9.59 Å². The maximum Gasteiger partial charge on any atom is 0.271 e. The summed E-state index contributed by atoms with van der Waals surface area (Å²) >= 11 is 1.40. The molecular weight excluding hydrogens is 408 g/mol. The van der Waals surface area contributed by atoms with Gasteiger partial charge in [0, 0.05) is 11.3 Å². The first kappa shape index (κ1) is 21.3. The van der Waals surface area contributed by atoms with Crippen molar-refractivity contribution in [2.45, 2.75) is 44.9 Å². The maximum absolute atomic E-state index is 13.0. The number of carbonyl (C=O) groups is 2. The topological polar surface area (TPSA) is 74.1 Å². The van der Waals surface area contributed by atoms with Gasteiger partial charge in [0.1, 0.15) is 11.9 Å². The van der Waals surface area contributed by atoms with Gasteiger partial charge in [0.15, 0.2) is 5.17 Å². The summed E-state index contributed by atoms with van der Waals surface area (Å²) in [6.45, 7) is 6.11. The van der Waals surface area contributed by atoms with Gasteiger partial charge in [0.05, 0.1) is 10.9 Å². The van der Waals surface area contributed by atoms with E-state index in [-0.39, 0.29) is 23.0 Å². The molecule has 3 unspecified atom stereocenters. The summed E-state index contributed by atoms with van der Waals surface area (Å²) in [6, 6.07) is 16.7. The molecule has 6 nitrogen and oxygen atoms in total. The monoisotopic (exact) mass is 434 g/mol. The number of rotatable bonds is 6. The van der Waals surface area contributed by atoms with E-state index in [2.05, 4.69) is 24.2 Å². The minimum atomic E-state index is -0.394. The van der Waals surface area contributed by atoms with Crippen LogP contribution in [0.2, 0.25) is 0 Å². The number of amidine groups is 2. The molecule has 3 atom stereocenters. The highest BCUT2D eigenvalue weighted by Crippen LogP contribution is 2.37. The standard InChI is InChI=1S/C24H26N4O2S/c1-4-15(3)20-23(30)27-21-17-13-9-10-14-18(17)26-24(28(20)21)31-19(5-2)22(29)25-16-11-7-6-8-12-16/h6-15,19-20H,4-5H2,1-3H3,(H,25,29). The lowest BCUT2D eigenvalue weighted by molar-refractivity contribution is -0.120. The van der Waals surface area contributed by atoms with Crippen molar-refractivity contribution in [3.8, 4) is 0 Å². The van der Waals surface area contributed by atoms with Crippen LogP contribution in [0.25, 0.3) is 0 Å². The number of carbonyl (C=O) groups excluding carboxylic acids is 2. The Balaban J connectivity index is 1.66. The predicted molar refractivity (Wildman–Crippen MR) is 127 cm³/mol. The van der Waals surface area contributed by atoms with Gasteiger partial charge in [-0.15, -0.1) is 0 Å². The molecule has 0 fully saturated rings. The van der Waals surface area contributed by atoms with Crippen LogP contribution in [0, 0.1) is 5.92 Å². The van der Waals surface area contributed by atoms with Crippen LogP contribution in [0.1, 0.15) is 39.2 Å². The Labute approximate surface area is 186 Å². The highest BCUT2D eigenvalue weighted by atomic mass is 32.2. The molecule has 0 saturated heterocycles.